The van der Waals surface area contributed by atoms with Gasteiger partial charge in [-0.2, -0.15) is 0 Å². The maximum absolute atomic E-state index is 12.8. The number of rotatable bonds is 5. The van der Waals surface area contributed by atoms with Crippen molar-refractivity contribution in [3.63, 3.8) is 0 Å². The topological polar surface area (TPSA) is 61.5 Å². The summed E-state index contributed by atoms with van der Waals surface area (Å²) in [6.07, 6.45) is 0.535. The standard InChI is InChI=1S/C23H25ClN4O2/c1-16-19(15-17-7-9-18(24)10-8-17)22(29)26-23(25-16)28-13-11-27(12-14-28)20-5-3-4-6-21(20)30-2/h3-10H,11-15H2,1-2H3,(H,25,26,29). The molecule has 30 heavy (non-hydrogen) atoms. The first kappa shape index (κ1) is 20.3. The molecule has 0 bridgehead atoms. The summed E-state index contributed by atoms with van der Waals surface area (Å²) in [4.78, 5) is 24.9. The number of ether oxygens (including phenoxy) is 1. The number of nitrogens with zero attached hydrogens (tertiary/aromatic N) is 3. The van der Waals surface area contributed by atoms with Crippen molar-refractivity contribution in [1.82, 2.24) is 9.97 Å². The highest BCUT2D eigenvalue weighted by molar-refractivity contribution is 6.30. The van der Waals surface area contributed by atoms with Gasteiger partial charge in [0.05, 0.1) is 18.5 Å². The lowest BCUT2D eigenvalue weighted by Gasteiger charge is -2.36. The molecule has 7 heteroatoms. The molecule has 1 fully saturated rings. The minimum atomic E-state index is -0.0837. The fourth-order valence-corrected chi connectivity index (χ4v) is 3.94. The van der Waals surface area contributed by atoms with Crippen molar-refractivity contribution in [2.45, 2.75) is 13.3 Å². The third kappa shape index (κ3) is 4.28. The van der Waals surface area contributed by atoms with Gasteiger partial charge in [0, 0.05) is 43.2 Å². The van der Waals surface area contributed by atoms with E-state index in [1.807, 2.05) is 49.4 Å². The Labute approximate surface area is 181 Å². The summed E-state index contributed by atoms with van der Waals surface area (Å²) in [6, 6.07) is 15.6. The number of aromatic amines is 1. The highest BCUT2D eigenvalue weighted by Crippen LogP contribution is 2.28. The SMILES string of the molecule is COc1ccccc1N1CCN(c2nc(C)c(Cc3ccc(Cl)cc3)c(=O)[nH]2)CC1. The zero-order valence-corrected chi connectivity index (χ0v) is 17.9. The molecule has 1 N–H and O–H groups in total. The van der Waals surface area contributed by atoms with E-state index in [1.54, 1.807) is 7.11 Å². The second-order valence-corrected chi connectivity index (χ2v) is 7.84. The van der Waals surface area contributed by atoms with E-state index in [9.17, 15) is 4.79 Å². The molecule has 0 spiro atoms. The summed E-state index contributed by atoms with van der Waals surface area (Å²) < 4.78 is 5.49. The normalized spacial score (nSPS) is 14.1. The average Bonchev–Trinajstić information content (AvgIpc) is 2.77. The number of halogens is 1. The van der Waals surface area contributed by atoms with Gasteiger partial charge in [0.15, 0.2) is 0 Å². The lowest BCUT2D eigenvalue weighted by molar-refractivity contribution is 0.413. The Balaban J connectivity index is 1.48. The van der Waals surface area contributed by atoms with Crippen LogP contribution in [-0.4, -0.2) is 43.3 Å². The molecular formula is C23H25ClN4O2. The summed E-state index contributed by atoms with van der Waals surface area (Å²) >= 11 is 5.95. The van der Waals surface area contributed by atoms with Gasteiger partial charge in [-0.15, -0.1) is 0 Å². The molecule has 1 aliphatic heterocycles. The molecule has 1 saturated heterocycles. The first-order chi connectivity index (χ1) is 14.5. The average molecular weight is 425 g/mol. The number of hydrogen-bond donors (Lipinski definition) is 1. The Hall–Kier alpha value is -2.99. The van der Waals surface area contributed by atoms with Crippen molar-refractivity contribution >= 4 is 23.2 Å². The first-order valence-electron chi connectivity index (χ1n) is 10.0. The van der Waals surface area contributed by atoms with Gasteiger partial charge in [-0.1, -0.05) is 35.9 Å². The van der Waals surface area contributed by atoms with Gasteiger partial charge >= 0.3 is 0 Å². The molecule has 0 atom stereocenters. The summed E-state index contributed by atoms with van der Waals surface area (Å²) in [5.41, 5.74) is 3.49. The van der Waals surface area contributed by atoms with Crippen LogP contribution in [-0.2, 0) is 6.42 Å². The second-order valence-electron chi connectivity index (χ2n) is 7.40. The maximum atomic E-state index is 12.8. The van der Waals surface area contributed by atoms with Crippen LogP contribution in [0.2, 0.25) is 5.02 Å². The smallest absolute Gasteiger partial charge is 0.256 e. The fourth-order valence-electron chi connectivity index (χ4n) is 3.81. The molecule has 0 saturated carbocycles. The molecule has 0 radical (unpaired) electrons. The molecule has 2 heterocycles. The Morgan fingerprint density at radius 3 is 2.37 bits per heavy atom. The molecule has 1 aliphatic rings. The molecule has 0 unspecified atom stereocenters. The number of aryl methyl sites for hydroxylation is 1. The molecule has 0 amide bonds. The highest BCUT2D eigenvalue weighted by atomic mass is 35.5. The van der Waals surface area contributed by atoms with E-state index in [2.05, 4.69) is 20.9 Å². The van der Waals surface area contributed by atoms with Gasteiger partial charge in [0.25, 0.3) is 5.56 Å². The van der Waals surface area contributed by atoms with Crippen molar-refractivity contribution < 1.29 is 4.74 Å². The number of benzene rings is 2. The number of anilines is 2. The fraction of sp³-hybridized carbons (Fsp3) is 0.304. The van der Waals surface area contributed by atoms with Crippen molar-refractivity contribution in [3.8, 4) is 5.75 Å². The van der Waals surface area contributed by atoms with Gasteiger partial charge in [-0.3, -0.25) is 9.78 Å². The van der Waals surface area contributed by atoms with Crippen molar-refractivity contribution in [1.29, 1.82) is 0 Å². The van der Waals surface area contributed by atoms with Crippen molar-refractivity contribution in [2.24, 2.45) is 0 Å². The lowest BCUT2D eigenvalue weighted by atomic mass is 10.1. The summed E-state index contributed by atoms with van der Waals surface area (Å²) in [5, 5.41) is 0.685. The van der Waals surface area contributed by atoms with Crippen LogP contribution in [0.1, 0.15) is 16.8 Å². The summed E-state index contributed by atoms with van der Waals surface area (Å²) in [6.45, 7) is 5.11. The Kier molecular flexibility index (Phi) is 5.95. The molecule has 156 valence electrons. The highest BCUT2D eigenvalue weighted by Gasteiger charge is 2.22. The Morgan fingerprint density at radius 1 is 1.03 bits per heavy atom. The third-order valence-electron chi connectivity index (χ3n) is 5.51. The van der Waals surface area contributed by atoms with Crippen LogP contribution in [0.3, 0.4) is 0 Å². The molecule has 0 aliphatic carbocycles. The number of methoxy groups -OCH3 is 1. The molecule has 3 aromatic rings. The molecule has 1 aromatic heterocycles. The summed E-state index contributed by atoms with van der Waals surface area (Å²) in [5.74, 6) is 1.51. The molecular weight excluding hydrogens is 400 g/mol. The monoisotopic (exact) mass is 424 g/mol. The van der Waals surface area contributed by atoms with Gasteiger partial charge in [-0.25, -0.2) is 4.98 Å². The lowest BCUT2D eigenvalue weighted by Crippen LogP contribution is -2.47. The van der Waals surface area contributed by atoms with Crippen LogP contribution in [0.25, 0.3) is 0 Å². The van der Waals surface area contributed by atoms with Gasteiger partial charge in [0.2, 0.25) is 5.95 Å². The number of aromatic nitrogens is 2. The summed E-state index contributed by atoms with van der Waals surface area (Å²) in [7, 11) is 1.69. The van der Waals surface area contributed by atoms with Gasteiger partial charge in [-0.05, 0) is 36.8 Å². The van der Waals surface area contributed by atoms with Crippen LogP contribution in [0.5, 0.6) is 5.75 Å². The van der Waals surface area contributed by atoms with Crippen LogP contribution in [0.4, 0.5) is 11.6 Å². The van der Waals surface area contributed by atoms with E-state index in [-0.39, 0.29) is 5.56 Å². The Bertz CT molecular complexity index is 1070. The predicted molar refractivity (Wildman–Crippen MR) is 121 cm³/mol. The quantitative estimate of drug-likeness (QED) is 0.677. The van der Waals surface area contributed by atoms with Crippen LogP contribution < -0.4 is 20.1 Å². The molecule has 6 nitrogen and oxygen atoms in total. The minimum Gasteiger partial charge on any atom is -0.495 e. The third-order valence-corrected chi connectivity index (χ3v) is 5.76. The van der Waals surface area contributed by atoms with Crippen molar-refractivity contribution in [2.75, 3.05) is 43.1 Å². The van der Waals surface area contributed by atoms with Crippen molar-refractivity contribution in [3.05, 3.63) is 80.7 Å². The van der Waals surface area contributed by atoms with E-state index in [1.165, 1.54) is 0 Å². The number of H-pyrrole nitrogens is 1. The van der Waals surface area contributed by atoms with E-state index in [0.29, 0.717) is 23.0 Å². The van der Waals surface area contributed by atoms with E-state index < -0.39 is 0 Å². The van der Waals surface area contributed by atoms with E-state index >= 15 is 0 Å². The second kappa shape index (κ2) is 8.79. The van der Waals surface area contributed by atoms with E-state index in [4.69, 9.17) is 21.3 Å². The van der Waals surface area contributed by atoms with Crippen LogP contribution in [0.15, 0.2) is 53.3 Å². The number of nitrogens with one attached hydrogen (secondary N) is 1. The minimum absolute atomic E-state index is 0.0837. The van der Waals surface area contributed by atoms with Gasteiger partial charge in [0.1, 0.15) is 5.75 Å². The zero-order valence-electron chi connectivity index (χ0n) is 17.2. The number of para-hydroxylation sites is 2. The molecule has 4 rings (SSSR count). The first-order valence-corrected chi connectivity index (χ1v) is 10.4. The van der Waals surface area contributed by atoms with Crippen LogP contribution >= 0.6 is 11.6 Å². The zero-order chi connectivity index (χ0) is 21.1. The maximum Gasteiger partial charge on any atom is 0.256 e. The Morgan fingerprint density at radius 2 is 1.70 bits per heavy atom. The molecule has 2 aromatic carbocycles. The van der Waals surface area contributed by atoms with Gasteiger partial charge < -0.3 is 14.5 Å². The number of hydrogen-bond acceptors (Lipinski definition) is 5. The van der Waals surface area contributed by atoms with Crippen LogP contribution in [0, 0.1) is 6.92 Å². The predicted octanol–water partition coefficient (Wildman–Crippen LogP) is 3.66. The largest absolute Gasteiger partial charge is 0.495 e. The number of piperazine rings is 1. The van der Waals surface area contributed by atoms with E-state index in [0.717, 1.165) is 48.9 Å².